The summed E-state index contributed by atoms with van der Waals surface area (Å²) in [5.41, 5.74) is 0.0156. The van der Waals surface area contributed by atoms with Crippen molar-refractivity contribution in [2.24, 2.45) is 0 Å². The standard InChI is InChI=1S/C17H17F2N3O3S/c1-9(23)20-5-12-6-22(17(24)25-12)10-3-14(18)16(15(19)4-10)21-7-13-2-11(21)8-26-13/h3-4,7,11-12H,2,5-6,8H2,1H3,(H,20,23)/t11?,12-/m0/s1. The van der Waals surface area contributed by atoms with Crippen LogP contribution in [0, 0.1) is 11.6 Å². The Morgan fingerprint density at radius 2 is 2.12 bits per heavy atom. The lowest BCUT2D eigenvalue weighted by molar-refractivity contribution is -0.119. The normalized spacial score (nSPS) is 24.1. The zero-order chi connectivity index (χ0) is 18.4. The Bertz CT molecular complexity index is 793. The molecule has 2 atom stereocenters. The van der Waals surface area contributed by atoms with Gasteiger partial charge in [0.25, 0.3) is 0 Å². The third-order valence-corrected chi connectivity index (χ3v) is 5.79. The summed E-state index contributed by atoms with van der Waals surface area (Å²) in [5, 5.41) is 2.56. The Labute approximate surface area is 153 Å². The predicted octanol–water partition coefficient (Wildman–Crippen LogP) is 2.59. The minimum atomic E-state index is -0.715. The lowest BCUT2D eigenvalue weighted by Crippen LogP contribution is -2.33. The maximum atomic E-state index is 14.7. The summed E-state index contributed by atoms with van der Waals surface area (Å²) >= 11 is 1.71. The Balaban J connectivity index is 1.55. The summed E-state index contributed by atoms with van der Waals surface area (Å²) in [6, 6.07) is 2.37. The number of hydrogen-bond acceptors (Lipinski definition) is 5. The van der Waals surface area contributed by atoms with E-state index in [1.807, 2.05) is 0 Å². The first-order chi connectivity index (χ1) is 12.4. The monoisotopic (exact) mass is 381 g/mol. The second kappa shape index (κ2) is 6.46. The number of ether oxygens (including phenoxy) is 1. The molecule has 0 aliphatic carbocycles. The van der Waals surface area contributed by atoms with Crippen molar-refractivity contribution in [3.05, 3.63) is 34.9 Å². The van der Waals surface area contributed by atoms with E-state index >= 15 is 0 Å². The average molecular weight is 381 g/mol. The fourth-order valence-corrected chi connectivity index (χ4v) is 4.56. The van der Waals surface area contributed by atoms with Crippen LogP contribution >= 0.6 is 11.8 Å². The third kappa shape index (κ3) is 3.00. The van der Waals surface area contributed by atoms with Crippen molar-refractivity contribution in [1.82, 2.24) is 5.32 Å². The number of rotatable bonds is 4. The summed E-state index contributed by atoms with van der Waals surface area (Å²) < 4.78 is 34.5. The van der Waals surface area contributed by atoms with Gasteiger partial charge in [0.15, 0.2) is 11.6 Å². The van der Waals surface area contributed by atoms with Crippen molar-refractivity contribution in [2.75, 3.05) is 28.6 Å². The molecule has 1 N–H and O–H groups in total. The fraction of sp³-hybridized carbons (Fsp3) is 0.412. The van der Waals surface area contributed by atoms with E-state index in [1.54, 1.807) is 22.9 Å². The van der Waals surface area contributed by atoms with Crippen LogP contribution in [0.15, 0.2) is 23.2 Å². The Morgan fingerprint density at radius 3 is 2.69 bits per heavy atom. The number of benzene rings is 1. The predicted molar refractivity (Wildman–Crippen MR) is 94.1 cm³/mol. The molecule has 1 aromatic carbocycles. The Morgan fingerprint density at radius 1 is 1.38 bits per heavy atom. The van der Waals surface area contributed by atoms with Crippen molar-refractivity contribution >= 4 is 35.1 Å². The number of nitrogens with zero attached hydrogens (tertiary/aromatic N) is 2. The van der Waals surface area contributed by atoms with E-state index in [1.165, 1.54) is 11.8 Å². The molecule has 0 radical (unpaired) electrons. The van der Waals surface area contributed by atoms with Crippen LogP contribution < -0.4 is 15.1 Å². The molecule has 3 aliphatic heterocycles. The van der Waals surface area contributed by atoms with Gasteiger partial charge in [0.05, 0.1) is 18.8 Å². The van der Waals surface area contributed by atoms with Gasteiger partial charge in [-0.05, 0) is 0 Å². The number of carbonyl (C=O) groups is 2. The molecule has 3 heterocycles. The van der Waals surface area contributed by atoms with E-state index in [0.717, 1.165) is 29.2 Å². The molecule has 2 saturated heterocycles. The molecule has 2 amide bonds. The minimum absolute atomic E-state index is 0.0728. The number of nitrogens with one attached hydrogen (secondary N) is 1. The van der Waals surface area contributed by atoms with Gasteiger partial charge in [-0.15, -0.1) is 11.8 Å². The maximum Gasteiger partial charge on any atom is 0.414 e. The topological polar surface area (TPSA) is 61.9 Å². The number of carbonyl (C=O) groups excluding carboxylic acids is 2. The molecule has 6 nitrogen and oxygen atoms in total. The maximum absolute atomic E-state index is 14.7. The van der Waals surface area contributed by atoms with Gasteiger partial charge in [-0.25, -0.2) is 13.6 Å². The summed E-state index contributed by atoms with van der Waals surface area (Å²) in [5.74, 6) is -0.858. The third-order valence-electron chi connectivity index (χ3n) is 4.60. The number of hydrogen-bond donors (Lipinski definition) is 1. The molecule has 138 valence electrons. The van der Waals surface area contributed by atoms with Crippen LogP contribution in [0.25, 0.3) is 0 Å². The smallest absolute Gasteiger partial charge is 0.414 e. The van der Waals surface area contributed by atoms with Crippen LogP contribution in [0.5, 0.6) is 0 Å². The largest absolute Gasteiger partial charge is 0.442 e. The van der Waals surface area contributed by atoms with Crippen molar-refractivity contribution in [3.63, 3.8) is 0 Å². The fourth-order valence-electron chi connectivity index (χ4n) is 3.38. The molecule has 26 heavy (non-hydrogen) atoms. The number of amides is 2. The van der Waals surface area contributed by atoms with Gasteiger partial charge >= 0.3 is 6.09 Å². The minimum Gasteiger partial charge on any atom is -0.442 e. The highest BCUT2D eigenvalue weighted by atomic mass is 32.2. The number of anilines is 2. The molecule has 4 rings (SSSR count). The van der Waals surface area contributed by atoms with E-state index in [2.05, 4.69) is 5.32 Å². The van der Waals surface area contributed by atoms with Crippen molar-refractivity contribution < 1.29 is 23.1 Å². The van der Waals surface area contributed by atoms with E-state index in [0.29, 0.717) is 0 Å². The summed E-state index contributed by atoms with van der Waals surface area (Å²) in [4.78, 5) is 26.9. The quantitative estimate of drug-likeness (QED) is 0.869. The van der Waals surface area contributed by atoms with Crippen LogP contribution in [0.2, 0.25) is 0 Å². The number of thioether (sulfide) groups is 1. The Hall–Kier alpha value is -2.29. The van der Waals surface area contributed by atoms with Gasteiger partial charge in [0, 0.05) is 48.4 Å². The van der Waals surface area contributed by atoms with Gasteiger partial charge < -0.3 is 15.0 Å². The number of cyclic esters (lactones) is 1. The zero-order valence-electron chi connectivity index (χ0n) is 14.0. The summed E-state index contributed by atoms with van der Waals surface area (Å²) in [7, 11) is 0. The molecule has 0 aromatic heterocycles. The molecule has 0 spiro atoms. The lowest BCUT2D eigenvalue weighted by Gasteiger charge is -2.26. The van der Waals surface area contributed by atoms with Gasteiger partial charge in [-0.2, -0.15) is 0 Å². The van der Waals surface area contributed by atoms with E-state index < -0.39 is 23.8 Å². The first-order valence-corrected chi connectivity index (χ1v) is 9.24. The number of halogens is 2. The van der Waals surface area contributed by atoms with Crippen molar-refractivity contribution in [2.45, 2.75) is 25.5 Å². The SMILES string of the molecule is CC(=O)NC[C@H]1CN(c2cc(F)c(N3C=C4CC3CS4)c(F)c2)C(=O)O1. The zero-order valence-corrected chi connectivity index (χ0v) is 14.8. The molecule has 9 heteroatoms. The van der Waals surface area contributed by atoms with E-state index in [4.69, 9.17) is 4.74 Å². The van der Waals surface area contributed by atoms with Crippen LogP contribution in [0.3, 0.4) is 0 Å². The van der Waals surface area contributed by atoms with Gasteiger partial charge in [0.2, 0.25) is 5.91 Å². The van der Waals surface area contributed by atoms with Gasteiger partial charge in [-0.3, -0.25) is 9.69 Å². The van der Waals surface area contributed by atoms with Gasteiger partial charge in [-0.1, -0.05) is 0 Å². The molecule has 0 saturated carbocycles. The van der Waals surface area contributed by atoms with Crippen LogP contribution in [-0.2, 0) is 9.53 Å². The first-order valence-electron chi connectivity index (χ1n) is 8.26. The van der Waals surface area contributed by atoms with Gasteiger partial charge in [0.1, 0.15) is 11.8 Å². The molecular formula is C17H17F2N3O3S. The average Bonchev–Trinajstić information content (AvgIpc) is 3.27. The second-order valence-corrected chi connectivity index (χ2v) is 7.63. The Kier molecular flexibility index (Phi) is 4.26. The highest BCUT2D eigenvalue weighted by Gasteiger charge is 2.37. The molecule has 2 fully saturated rings. The molecule has 1 unspecified atom stereocenters. The lowest BCUT2D eigenvalue weighted by atomic mass is 10.2. The van der Waals surface area contributed by atoms with Crippen LogP contribution in [-0.4, -0.2) is 43.0 Å². The molecule has 1 aromatic rings. The first kappa shape index (κ1) is 17.1. The van der Waals surface area contributed by atoms with Crippen molar-refractivity contribution in [1.29, 1.82) is 0 Å². The van der Waals surface area contributed by atoms with Crippen molar-refractivity contribution in [3.8, 4) is 0 Å². The second-order valence-electron chi connectivity index (χ2n) is 6.48. The van der Waals surface area contributed by atoms with Crippen LogP contribution in [0.1, 0.15) is 13.3 Å². The summed E-state index contributed by atoms with van der Waals surface area (Å²) in [6.45, 7) is 1.63. The summed E-state index contributed by atoms with van der Waals surface area (Å²) in [6.07, 6.45) is 1.35. The van der Waals surface area contributed by atoms with Crippen LogP contribution in [0.4, 0.5) is 25.0 Å². The van der Waals surface area contributed by atoms with E-state index in [-0.39, 0.29) is 36.4 Å². The highest BCUT2D eigenvalue weighted by molar-refractivity contribution is 8.03. The molecule has 2 bridgehead atoms. The van der Waals surface area contributed by atoms with E-state index in [9.17, 15) is 18.4 Å². The molecule has 3 aliphatic rings. The number of fused-ring (bicyclic) bond motifs is 2. The molecular weight excluding hydrogens is 364 g/mol. The highest BCUT2D eigenvalue weighted by Crippen LogP contribution is 2.44.